The molecule has 3 aromatic rings. The first kappa shape index (κ1) is 15.4. The van der Waals surface area contributed by atoms with Crippen molar-refractivity contribution in [1.29, 1.82) is 0 Å². The van der Waals surface area contributed by atoms with E-state index in [9.17, 15) is 0 Å². The van der Waals surface area contributed by atoms with Gasteiger partial charge >= 0.3 is 0 Å². The molecule has 3 rings (SSSR count). The average molecular weight is 306 g/mol. The van der Waals surface area contributed by atoms with Gasteiger partial charge in [0.2, 0.25) is 0 Å². The zero-order valence-corrected chi connectivity index (χ0v) is 13.7. The lowest BCUT2D eigenvalue weighted by Gasteiger charge is -2.24. The van der Waals surface area contributed by atoms with Gasteiger partial charge < -0.3 is 4.90 Å². The van der Waals surface area contributed by atoms with Crippen molar-refractivity contribution in [2.45, 2.75) is 26.7 Å². The van der Waals surface area contributed by atoms with Crippen molar-refractivity contribution in [2.24, 2.45) is 0 Å². The molecule has 0 unspecified atom stereocenters. The molecule has 0 bridgehead atoms. The van der Waals surface area contributed by atoms with Gasteiger partial charge in [-0.3, -0.25) is 4.98 Å². The average Bonchev–Trinajstić information content (AvgIpc) is 2.61. The lowest BCUT2D eigenvalue weighted by atomic mass is 10.2. The van der Waals surface area contributed by atoms with Crippen molar-refractivity contribution >= 4 is 16.7 Å². The summed E-state index contributed by atoms with van der Waals surface area (Å²) in [5.41, 5.74) is 1.99. The summed E-state index contributed by atoms with van der Waals surface area (Å²) in [4.78, 5) is 16.1. The predicted octanol–water partition coefficient (Wildman–Crippen LogP) is 4.32. The SMILES string of the molecule is CCCN(CCC)c1nc(-c2ccncc2)nc2ccccc12. The van der Waals surface area contributed by atoms with Crippen LogP contribution in [0, 0.1) is 0 Å². The Kier molecular flexibility index (Phi) is 4.81. The van der Waals surface area contributed by atoms with Crippen molar-refractivity contribution in [2.75, 3.05) is 18.0 Å². The monoisotopic (exact) mass is 306 g/mol. The lowest BCUT2D eigenvalue weighted by Crippen LogP contribution is -2.26. The number of pyridine rings is 1. The number of rotatable bonds is 6. The summed E-state index contributed by atoms with van der Waals surface area (Å²) in [6, 6.07) is 12.2. The van der Waals surface area contributed by atoms with Crippen LogP contribution in [-0.2, 0) is 0 Å². The fraction of sp³-hybridized carbons (Fsp3) is 0.316. The summed E-state index contributed by atoms with van der Waals surface area (Å²) < 4.78 is 0. The molecule has 0 saturated carbocycles. The molecule has 0 aliphatic heterocycles. The number of hydrogen-bond acceptors (Lipinski definition) is 4. The van der Waals surface area contributed by atoms with Crippen molar-refractivity contribution in [3.05, 3.63) is 48.8 Å². The van der Waals surface area contributed by atoms with E-state index in [1.807, 2.05) is 18.2 Å². The molecule has 0 aliphatic rings. The molecular weight excluding hydrogens is 284 g/mol. The van der Waals surface area contributed by atoms with E-state index in [1.165, 1.54) is 0 Å². The molecule has 2 heterocycles. The quantitative estimate of drug-likeness (QED) is 0.680. The second-order valence-electron chi connectivity index (χ2n) is 5.61. The summed E-state index contributed by atoms with van der Waals surface area (Å²) >= 11 is 0. The van der Waals surface area contributed by atoms with E-state index < -0.39 is 0 Å². The highest BCUT2D eigenvalue weighted by Gasteiger charge is 2.14. The third-order valence-corrected chi connectivity index (χ3v) is 3.81. The molecule has 0 radical (unpaired) electrons. The largest absolute Gasteiger partial charge is 0.356 e. The number of anilines is 1. The molecule has 0 aliphatic carbocycles. The standard InChI is InChI=1S/C19H22N4/c1-3-13-23(14-4-2)19-16-7-5-6-8-17(16)21-18(22-19)15-9-11-20-12-10-15/h5-12H,3-4,13-14H2,1-2H3. The molecular formula is C19H22N4. The number of benzene rings is 1. The fourth-order valence-electron chi connectivity index (χ4n) is 2.79. The van der Waals surface area contributed by atoms with Gasteiger partial charge in [0, 0.05) is 36.4 Å². The molecule has 4 nitrogen and oxygen atoms in total. The second kappa shape index (κ2) is 7.18. The minimum absolute atomic E-state index is 0.762. The maximum atomic E-state index is 4.90. The molecule has 1 aromatic carbocycles. The van der Waals surface area contributed by atoms with Gasteiger partial charge in [-0.2, -0.15) is 0 Å². The van der Waals surface area contributed by atoms with Crippen LogP contribution in [0.5, 0.6) is 0 Å². The normalized spacial score (nSPS) is 10.9. The molecule has 0 N–H and O–H groups in total. The summed E-state index contributed by atoms with van der Waals surface area (Å²) in [6.07, 6.45) is 5.76. The van der Waals surface area contributed by atoms with Crippen LogP contribution < -0.4 is 4.90 Å². The topological polar surface area (TPSA) is 41.9 Å². The van der Waals surface area contributed by atoms with Crippen molar-refractivity contribution in [3.8, 4) is 11.4 Å². The number of nitrogens with zero attached hydrogens (tertiary/aromatic N) is 4. The van der Waals surface area contributed by atoms with Gasteiger partial charge in [0.15, 0.2) is 5.82 Å². The highest BCUT2D eigenvalue weighted by molar-refractivity contribution is 5.91. The van der Waals surface area contributed by atoms with Crippen molar-refractivity contribution < 1.29 is 0 Å². The summed E-state index contributed by atoms with van der Waals surface area (Å²) in [7, 11) is 0. The van der Waals surface area contributed by atoms with Crippen LogP contribution in [0.3, 0.4) is 0 Å². The Morgan fingerprint density at radius 2 is 1.57 bits per heavy atom. The van der Waals surface area contributed by atoms with Gasteiger partial charge in [-0.05, 0) is 37.1 Å². The van der Waals surface area contributed by atoms with Gasteiger partial charge in [0.25, 0.3) is 0 Å². The van der Waals surface area contributed by atoms with E-state index in [-0.39, 0.29) is 0 Å². The zero-order chi connectivity index (χ0) is 16.1. The first-order chi connectivity index (χ1) is 11.3. The van der Waals surface area contributed by atoms with E-state index in [0.29, 0.717) is 0 Å². The molecule has 0 spiro atoms. The molecule has 0 fully saturated rings. The Morgan fingerprint density at radius 3 is 2.26 bits per heavy atom. The Bertz CT molecular complexity index is 765. The molecule has 4 heteroatoms. The molecule has 2 aromatic heterocycles. The Balaban J connectivity index is 2.17. The highest BCUT2D eigenvalue weighted by atomic mass is 15.2. The number of aromatic nitrogens is 3. The Hall–Kier alpha value is -2.49. The number of hydrogen-bond donors (Lipinski definition) is 0. The molecule has 0 amide bonds. The minimum atomic E-state index is 0.762. The predicted molar refractivity (Wildman–Crippen MR) is 95.6 cm³/mol. The Morgan fingerprint density at radius 1 is 0.870 bits per heavy atom. The molecule has 0 atom stereocenters. The Labute approximate surface area is 137 Å². The van der Waals surface area contributed by atoms with Crippen molar-refractivity contribution in [1.82, 2.24) is 15.0 Å². The number of fused-ring (bicyclic) bond motifs is 1. The van der Waals surface area contributed by atoms with Gasteiger partial charge in [-0.1, -0.05) is 26.0 Å². The van der Waals surface area contributed by atoms with Gasteiger partial charge in [0.05, 0.1) is 5.52 Å². The zero-order valence-electron chi connectivity index (χ0n) is 13.7. The first-order valence-corrected chi connectivity index (χ1v) is 8.25. The van der Waals surface area contributed by atoms with Gasteiger partial charge in [-0.15, -0.1) is 0 Å². The van der Waals surface area contributed by atoms with Crippen LogP contribution in [0.25, 0.3) is 22.3 Å². The van der Waals surface area contributed by atoms with E-state index in [0.717, 1.165) is 54.0 Å². The van der Waals surface area contributed by atoms with Crippen LogP contribution in [0.4, 0.5) is 5.82 Å². The molecule has 118 valence electrons. The summed E-state index contributed by atoms with van der Waals surface area (Å²) in [6.45, 7) is 6.42. The first-order valence-electron chi connectivity index (χ1n) is 8.25. The number of para-hydroxylation sites is 1. The fourth-order valence-corrected chi connectivity index (χ4v) is 2.79. The van der Waals surface area contributed by atoms with E-state index in [2.05, 4.69) is 41.9 Å². The van der Waals surface area contributed by atoms with Gasteiger partial charge in [-0.25, -0.2) is 9.97 Å². The lowest BCUT2D eigenvalue weighted by molar-refractivity contribution is 0.737. The third-order valence-electron chi connectivity index (χ3n) is 3.81. The van der Waals surface area contributed by atoms with E-state index in [1.54, 1.807) is 12.4 Å². The minimum Gasteiger partial charge on any atom is -0.356 e. The van der Waals surface area contributed by atoms with Crippen LogP contribution >= 0.6 is 0 Å². The highest BCUT2D eigenvalue weighted by Crippen LogP contribution is 2.27. The van der Waals surface area contributed by atoms with E-state index >= 15 is 0 Å². The van der Waals surface area contributed by atoms with Crippen LogP contribution in [0.1, 0.15) is 26.7 Å². The maximum absolute atomic E-state index is 4.90. The maximum Gasteiger partial charge on any atom is 0.162 e. The van der Waals surface area contributed by atoms with E-state index in [4.69, 9.17) is 9.97 Å². The van der Waals surface area contributed by atoms with Crippen molar-refractivity contribution in [3.63, 3.8) is 0 Å². The summed E-state index contributed by atoms with van der Waals surface area (Å²) in [5.74, 6) is 1.80. The molecule has 0 saturated heterocycles. The van der Waals surface area contributed by atoms with Crippen LogP contribution in [0.2, 0.25) is 0 Å². The molecule has 23 heavy (non-hydrogen) atoms. The third kappa shape index (κ3) is 3.31. The van der Waals surface area contributed by atoms with Gasteiger partial charge in [0.1, 0.15) is 5.82 Å². The summed E-state index contributed by atoms with van der Waals surface area (Å²) in [5, 5.41) is 1.12. The van der Waals surface area contributed by atoms with Crippen LogP contribution in [0.15, 0.2) is 48.8 Å². The van der Waals surface area contributed by atoms with Crippen LogP contribution in [-0.4, -0.2) is 28.0 Å². The smallest absolute Gasteiger partial charge is 0.162 e. The second-order valence-corrected chi connectivity index (χ2v) is 5.61.